The first kappa shape index (κ1) is 13.7. The van der Waals surface area contributed by atoms with Crippen molar-refractivity contribution in [1.82, 2.24) is 20.1 Å². The molecule has 0 saturated heterocycles. The van der Waals surface area contributed by atoms with E-state index in [1.54, 1.807) is 25.1 Å². The number of nitrogens with one attached hydrogen (secondary N) is 1. The van der Waals surface area contributed by atoms with E-state index in [2.05, 4.69) is 15.4 Å². The number of carbonyl (C=O) groups is 1. The number of halogens is 1. The van der Waals surface area contributed by atoms with Gasteiger partial charge in [-0.2, -0.15) is 5.26 Å². The number of aromatic nitrogens is 3. The molecule has 0 fully saturated rings. The maximum absolute atomic E-state index is 13.1. The molecule has 1 amide bonds. The number of amides is 1. The number of rotatable bonds is 4. The average molecular weight is 273 g/mol. The smallest absolute Gasteiger partial charge is 0.252 e. The van der Waals surface area contributed by atoms with Crippen molar-refractivity contribution in [3.05, 3.63) is 47.3 Å². The van der Waals surface area contributed by atoms with E-state index in [1.807, 2.05) is 0 Å². The largest absolute Gasteiger partial charge is 0.350 e. The van der Waals surface area contributed by atoms with Gasteiger partial charge in [0.2, 0.25) is 5.91 Å². The van der Waals surface area contributed by atoms with Crippen LogP contribution < -0.4 is 5.32 Å². The van der Waals surface area contributed by atoms with Crippen LogP contribution in [0.5, 0.6) is 0 Å². The fraction of sp³-hybridized carbons (Fsp3) is 0.231. The summed E-state index contributed by atoms with van der Waals surface area (Å²) >= 11 is 0. The van der Waals surface area contributed by atoms with E-state index in [9.17, 15) is 9.18 Å². The molecule has 1 aromatic heterocycles. The SMILES string of the molecule is Cc1cc(CNC(=O)Cn2cnc(C#N)n2)ccc1F. The summed E-state index contributed by atoms with van der Waals surface area (Å²) in [5.41, 5.74) is 1.35. The van der Waals surface area contributed by atoms with Gasteiger partial charge in [0.15, 0.2) is 0 Å². The third kappa shape index (κ3) is 3.38. The highest BCUT2D eigenvalue weighted by Gasteiger charge is 2.06. The lowest BCUT2D eigenvalue weighted by Crippen LogP contribution is -2.27. The van der Waals surface area contributed by atoms with Crippen molar-refractivity contribution >= 4 is 5.91 Å². The highest BCUT2D eigenvalue weighted by Crippen LogP contribution is 2.08. The van der Waals surface area contributed by atoms with E-state index in [4.69, 9.17) is 5.26 Å². The van der Waals surface area contributed by atoms with Crippen molar-refractivity contribution in [3.8, 4) is 6.07 Å². The van der Waals surface area contributed by atoms with Gasteiger partial charge in [0.1, 0.15) is 24.8 Å². The van der Waals surface area contributed by atoms with Gasteiger partial charge in [0.05, 0.1) is 0 Å². The molecule has 1 N–H and O–H groups in total. The maximum atomic E-state index is 13.1. The van der Waals surface area contributed by atoms with E-state index in [0.717, 1.165) is 5.56 Å². The molecule has 1 aromatic carbocycles. The van der Waals surface area contributed by atoms with Gasteiger partial charge in [-0.1, -0.05) is 12.1 Å². The van der Waals surface area contributed by atoms with Crippen molar-refractivity contribution in [2.45, 2.75) is 20.0 Å². The summed E-state index contributed by atoms with van der Waals surface area (Å²) in [6.07, 6.45) is 1.32. The fourth-order valence-corrected chi connectivity index (χ4v) is 1.64. The molecule has 0 atom stereocenters. The van der Waals surface area contributed by atoms with Crippen LogP contribution in [0.2, 0.25) is 0 Å². The van der Waals surface area contributed by atoms with E-state index in [-0.39, 0.29) is 24.1 Å². The summed E-state index contributed by atoms with van der Waals surface area (Å²) in [7, 11) is 0. The van der Waals surface area contributed by atoms with Crippen molar-refractivity contribution < 1.29 is 9.18 Å². The molecule has 0 aliphatic carbocycles. The van der Waals surface area contributed by atoms with Gasteiger partial charge in [-0.05, 0) is 24.1 Å². The molecule has 0 radical (unpaired) electrons. The molecular formula is C13H12FN5O. The monoisotopic (exact) mass is 273 g/mol. The standard InChI is InChI=1S/C13H12FN5O/c1-9-4-10(2-3-11(9)14)6-16-13(20)7-19-8-17-12(5-15)18-19/h2-4,8H,6-7H2,1H3,(H,16,20). The molecule has 7 heteroatoms. The van der Waals surface area contributed by atoms with Gasteiger partial charge >= 0.3 is 0 Å². The Morgan fingerprint density at radius 2 is 2.35 bits per heavy atom. The second-order valence-corrected chi connectivity index (χ2v) is 4.24. The van der Waals surface area contributed by atoms with Gasteiger partial charge in [0.25, 0.3) is 5.82 Å². The van der Waals surface area contributed by atoms with Crippen LogP contribution in [-0.4, -0.2) is 20.7 Å². The van der Waals surface area contributed by atoms with Gasteiger partial charge in [-0.3, -0.25) is 4.79 Å². The Morgan fingerprint density at radius 3 is 3.00 bits per heavy atom. The molecule has 0 saturated carbocycles. The maximum Gasteiger partial charge on any atom is 0.252 e. The highest BCUT2D eigenvalue weighted by atomic mass is 19.1. The summed E-state index contributed by atoms with van der Waals surface area (Å²) < 4.78 is 14.4. The second kappa shape index (κ2) is 5.93. The first-order valence-corrected chi connectivity index (χ1v) is 5.90. The lowest BCUT2D eigenvalue weighted by Gasteiger charge is -2.06. The molecule has 6 nitrogen and oxygen atoms in total. The van der Waals surface area contributed by atoms with Crippen molar-refractivity contribution in [2.75, 3.05) is 0 Å². The Morgan fingerprint density at radius 1 is 1.55 bits per heavy atom. The van der Waals surface area contributed by atoms with Crippen molar-refractivity contribution in [2.24, 2.45) is 0 Å². The van der Waals surface area contributed by atoms with Crippen LogP contribution in [0, 0.1) is 24.1 Å². The Balaban J connectivity index is 1.89. The molecule has 102 valence electrons. The van der Waals surface area contributed by atoms with Crippen LogP contribution in [0.4, 0.5) is 4.39 Å². The van der Waals surface area contributed by atoms with Gasteiger partial charge in [-0.15, -0.1) is 5.10 Å². The Kier molecular flexibility index (Phi) is 4.05. The van der Waals surface area contributed by atoms with E-state index in [1.165, 1.54) is 17.1 Å². The number of nitrogens with zero attached hydrogens (tertiary/aromatic N) is 4. The number of aryl methyl sites for hydroxylation is 1. The molecule has 1 heterocycles. The molecule has 20 heavy (non-hydrogen) atoms. The number of nitriles is 1. The van der Waals surface area contributed by atoms with E-state index >= 15 is 0 Å². The summed E-state index contributed by atoms with van der Waals surface area (Å²) in [4.78, 5) is 15.4. The summed E-state index contributed by atoms with van der Waals surface area (Å²) in [5, 5.41) is 15.0. The molecule has 0 aliphatic rings. The third-order valence-electron chi connectivity index (χ3n) is 2.65. The van der Waals surface area contributed by atoms with Crippen LogP contribution in [-0.2, 0) is 17.9 Å². The Hall–Kier alpha value is -2.75. The molecular weight excluding hydrogens is 261 g/mol. The predicted molar refractivity (Wildman–Crippen MR) is 67.7 cm³/mol. The average Bonchev–Trinajstić information content (AvgIpc) is 2.88. The number of carbonyl (C=O) groups excluding carboxylic acids is 1. The Labute approximate surface area is 114 Å². The number of benzene rings is 1. The van der Waals surface area contributed by atoms with Crippen LogP contribution in [0.3, 0.4) is 0 Å². The van der Waals surface area contributed by atoms with Crippen molar-refractivity contribution in [3.63, 3.8) is 0 Å². The molecule has 0 bridgehead atoms. The zero-order valence-corrected chi connectivity index (χ0v) is 10.8. The number of hydrogen-bond acceptors (Lipinski definition) is 4. The van der Waals surface area contributed by atoms with Crippen molar-refractivity contribution in [1.29, 1.82) is 5.26 Å². The van der Waals surface area contributed by atoms with Crippen LogP contribution in [0.25, 0.3) is 0 Å². The quantitative estimate of drug-likeness (QED) is 0.897. The number of hydrogen-bond donors (Lipinski definition) is 1. The minimum atomic E-state index is -0.272. The minimum absolute atomic E-state index is 0.0190. The molecule has 0 aliphatic heterocycles. The first-order valence-electron chi connectivity index (χ1n) is 5.90. The van der Waals surface area contributed by atoms with E-state index in [0.29, 0.717) is 12.1 Å². The zero-order chi connectivity index (χ0) is 14.5. The Bertz CT molecular complexity index is 674. The lowest BCUT2D eigenvalue weighted by atomic mass is 10.1. The first-order chi connectivity index (χ1) is 9.58. The molecule has 2 rings (SSSR count). The highest BCUT2D eigenvalue weighted by molar-refractivity contribution is 5.75. The molecule has 0 unspecified atom stereocenters. The van der Waals surface area contributed by atoms with Crippen LogP contribution >= 0.6 is 0 Å². The predicted octanol–water partition coefficient (Wildman–Crippen LogP) is 0.914. The summed E-state index contributed by atoms with van der Waals surface area (Å²) in [6, 6.07) is 6.44. The van der Waals surface area contributed by atoms with Gasteiger partial charge < -0.3 is 5.32 Å². The van der Waals surface area contributed by atoms with Gasteiger partial charge in [-0.25, -0.2) is 14.1 Å². The van der Waals surface area contributed by atoms with Crippen LogP contribution in [0.15, 0.2) is 24.5 Å². The van der Waals surface area contributed by atoms with Gasteiger partial charge in [0, 0.05) is 6.54 Å². The normalized spacial score (nSPS) is 10.1. The third-order valence-corrected chi connectivity index (χ3v) is 2.65. The summed E-state index contributed by atoms with van der Waals surface area (Å²) in [6.45, 7) is 1.95. The second-order valence-electron chi connectivity index (χ2n) is 4.24. The van der Waals surface area contributed by atoms with E-state index < -0.39 is 0 Å². The van der Waals surface area contributed by atoms with Crippen LogP contribution in [0.1, 0.15) is 17.0 Å². The zero-order valence-electron chi connectivity index (χ0n) is 10.8. The summed E-state index contributed by atoms with van der Waals surface area (Å²) in [5.74, 6) is -0.514. The molecule has 0 spiro atoms. The minimum Gasteiger partial charge on any atom is -0.350 e. The topological polar surface area (TPSA) is 83.6 Å². The lowest BCUT2D eigenvalue weighted by molar-refractivity contribution is -0.122. The molecule has 2 aromatic rings. The fourth-order valence-electron chi connectivity index (χ4n) is 1.64.